The van der Waals surface area contributed by atoms with Crippen molar-refractivity contribution in [1.29, 1.82) is 0 Å². The maximum atomic E-state index is 11.7. The van der Waals surface area contributed by atoms with E-state index in [1.54, 1.807) is 12.1 Å². The lowest BCUT2D eigenvalue weighted by atomic mass is 9.55. The van der Waals surface area contributed by atoms with Gasteiger partial charge in [-0.15, -0.1) is 0 Å². The van der Waals surface area contributed by atoms with Crippen LogP contribution in [0.25, 0.3) is 0 Å². The fourth-order valence-electron chi connectivity index (χ4n) is 5.05. The average molecular weight is 365 g/mol. The van der Waals surface area contributed by atoms with Crippen LogP contribution < -0.4 is 4.74 Å². The second kappa shape index (κ2) is 5.55. The van der Waals surface area contributed by atoms with Crippen molar-refractivity contribution < 1.29 is 14.3 Å². The van der Waals surface area contributed by atoms with Crippen LogP contribution >= 0.6 is 15.9 Å². The summed E-state index contributed by atoms with van der Waals surface area (Å²) in [6, 6.07) is 5.44. The summed E-state index contributed by atoms with van der Waals surface area (Å²) in [5.41, 5.74) is 0.546. The van der Waals surface area contributed by atoms with Gasteiger partial charge in [0.1, 0.15) is 11.9 Å². The van der Waals surface area contributed by atoms with Crippen molar-refractivity contribution in [2.45, 2.75) is 38.2 Å². The fourth-order valence-corrected chi connectivity index (χ4v) is 5.39. The molecule has 0 saturated heterocycles. The second-order valence-electron chi connectivity index (χ2n) is 7.15. The number of hydrogen-bond acceptors (Lipinski definition) is 3. The Labute approximate surface area is 139 Å². The second-order valence-corrected chi connectivity index (χ2v) is 8.00. The quantitative estimate of drug-likeness (QED) is 0.743. The Morgan fingerprint density at radius 2 is 1.73 bits per heavy atom. The monoisotopic (exact) mass is 364 g/mol. The van der Waals surface area contributed by atoms with Crippen molar-refractivity contribution >= 4 is 21.9 Å². The van der Waals surface area contributed by atoms with Gasteiger partial charge in [-0.1, -0.05) is 0 Å². The molecule has 0 radical (unpaired) electrons. The number of esters is 1. The molecule has 4 heteroatoms. The third-order valence-electron chi connectivity index (χ3n) is 5.76. The molecule has 0 heterocycles. The predicted octanol–water partition coefficient (Wildman–Crippen LogP) is 4.44. The maximum Gasteiger partial charge on any atom is 0.337 e. The van der Waals surface area contributed by atoms with Crippen molar-refractivity contribution in [3.8, 4) is 5.75 Å². The van der Waals surface area contributed by atoms with Gasteiger partial charge in [-0.05, 0) is 89.9 Å². The average Bonchev–Trinajstić information content (AvgIpc) is 2.51. The number of methoxy groups -OCH3 is 1. The first-order valence-electron chi connectivity index (χ1n) is 8.18. The van der Waals surface area contributed by atoms with E-state index in [9.17, 15) is 4.79 Å². The van der Waals surface area contributed by atoms with Crippen molar-refractivity contribution in [1.82, 2.24) is 0 Å². The Morgan fingerprint density at radius 3 is 2.32 bits per heavy atom. The molecule has 4 saturated carbocycles. The predicted molar refractivity (Wildman–Crippen MR) is 86.9 cm³/mol. The van der Waals surface area contributed by atoms with Gasteiger partial charge in [-0.2, -0.15) is 0 Å². The number of carbonyl (C=O) groups excluding carboxylic acids is 1. The number of hydrogen-bond donors (Lipinski definition) is 0. The van der Waals surface area contributed by atoms with Gasteiger partial charge in [0.05, 0.1) is 17.1 Å². The number of rotatable bonds is 3. The molecule has 0 unspecified atom stereocenters. The Kier molecular flexibility index (Phi) is 3.67. The summed E-state index contributed by atoms with van der Waals surface area (Å²) in [4.78, 5) is 11.7. The molecule has 0 atom stereocenters. The van der Waals surface area contributed by atoms with Crippen LogP contribution in [0.4, 0.5) is 0 Å². The van der Waals surface area contributed by atoms with Gasteiger partial charge in [0.25, 0.3) is 0 Å². The van der Waals surface area contributed by atoms with E-state index in [0.717, 1.165) is 22.1 Å². The molecule has 0 N–H and O–H groups in total. The van der Waals surface area contributed by atoms with Crippen molar-refractivity contribution in [2.24, 2.45) is 23.7 Å². The van der Waals surface area contributed by atoms with Crippen molar-refractivity contribution in [3.63, 3.8) is 0 Å². The lowest BCUT2D eigenvalue weighted by molar-refractivity contribution is -0.0792. The van der Waals surface area contributed by atoms with Gasteiger partial charge in [-0.3, -0.25) is 0 Å². The van der Waals surface area contributed by atoms with Gasteiger partial charge >= 0.3 is 5.97 Å². The molecule has 3 nitrogen and oxygen atoms in total. The zero-order valence-electron chi connectivity index (χ0n) is 12.8. The zero-order chi connectivity index (χ0) is 15.3. The van der Waals surface area contributed by atoms with Crippen molar-refractivity contribution in [3.05, 3.63) is 28.2 Å². The highest BCUT2D eigenvalue weighted by Crippen LogP contribution is 2.54. The molecule has 0 aliphatic heterocycles. The molecular formula is C18H21BrO3. The van der Waals surface area contributed by atoms with Gasteiger partial charge in [0.15, 0.2) is 0 Å². The lowest BCUT2D eigenvalue weighted by Crippen LogP contribution is -2.50. The van der Waals surface area contributed by atoms with Crippen LogP contribution in [0.5, 0.6) is 5.75 Å². The first-order chi connectivity index (χ1) is 10.6. The van der Waals surface area contributed by atoms with Gasteiger partial charge < -0.3 is 9.47 Å². The molecule has 4 aliphatic carbocycles. The summed E-state index contributed by atoms with van der Waals surface area (Å²) < 4.78 is 12.1. The fraction of sp³-hybridized carbons (Fsp3) is 0.611. The van der Waals surface area contributed by atoms with E-state index < -0.39 is 0 Å². The van der Waals surface area contributed by atoms with E-state index in [4.69, 9.17) is 9.47 Å². The summed E-state index contributed by atoms with van der Waals surface area (Å²) in [6.45, 7) is 0. The molecule has 1 aromatic carbocycles. The molecule has 118 valence electrons. The van der Waals surface area contributed by atoms with Gasteiger partial charge in [0, 0.05) is 0 Å². The Hall–Kier alpha value is -1.03. The van der Waals surface area contributed by atoms with E-state index in [0.29, 0.717) is 23.5 Å². The normalized spacial score (nSPS) is 35.5. The summed E-state index contributed by atoms with van der Waals surface area (Å²) >= 11 is 3.55. The van der Waals surface area contributed by atoms with Crippen molar-refractivity contribution in [2.75, 3.05) is 7.11 Å². The molecule has 0 aromatic heterocycles. The van der Waals surface area contributed by atoms with Crippen LogP contribution in [0.3, 0.4) is 0 Å². The number of ether oxygens (including phenoxy) is 2. The van der Waals surface area contributed by atoms with Crippen LogP contribution in [-0.4, -0.2) is 19.2 Å². The molecule has 4 aliphatic rings. The zero-order valence-corrected chi connectivity index (χ0v) is 14.3. The van der Waals surface area contributed by atoms with Crippen LogP contribution in [0.1, 0.15) is 42.5 Å². The molecule has 4 bridgehead atoms. The van der Waals surface area contributed by atoms with Crippen LogP contribution in [0.15, 0.2) is 22.7 Å². The highest BCUT2D eigenvalue weighted by molar-refractivity contribution is 9.10. The molecular weight excluding hydrogens is 344 g/mol. The molecule has 5 rings (SSSR count). The van der Waals surface area contributed by atoms with Crippen LogP contribution in [-0.2, 0) is 4.74 Å². The maximum absolute atomic E-state index is 11.7. The number of benzene rings is 1. The van der Waals surface area contributed by atoms with E-state index in [2.05, 4.69) is 15.9 Å². The first-order valence-corrected chi connectivity index (χ1v) is 8.98. The first kappa shape index (κ1) is 14.6. The summed E-state index contributed by atoms with van der Waals surface area (Å²) in [6.07, 6.45) is 7.06. The number of halogens is 1. The Bertz CT molecular complexity index is 570. The Balaban J connectivity index is 1.57. The largest absolute Gasteiger partial charge is 0.489 e. The van der Waals surface area contributed by atoms with E-state index >= 15 is 0 Å². The minimum atomic E-state index is -0.317. The number of carbonyl (C=O) groups is 1. The SMILES string of the molecule is COC(=O)c1ccc(Br)c(OC2C3CC4CC(C3)CC2C4)c1. The Morgan fingerprint density at radius 1 is 1.09 bits per heavy atom. The van der Waals surface area contributed by atoms with E-state index in [1.165, 1.54) is 39.2 Å². The third-order valence-corrected chi connectivity index (χ3v) is 6.41. The summed E-state index contributed by atoms with van der Waals surface area (Å²) in [7, 11) is 1.41. The highest BCUT2D eigenvalue weighted by atomic mass is 79.9. The van der Waals surface area contributed by atoms with Gasteiger partial charge in [0.2, 0.25) is 0 Å². The van der Waals surface area contributed by atoms with Crippen LogP contribution in [0.2, 0.25) is 0 Å². The molecule has 0 spiro atoms. The third kappa shape index (κ3) is 2.45. The highest BCUT2D eigenvalue weighted by Gasteiger charge is 2.49. The minimum Gasteiger partial charge on any atom is -0.489 e. The molecule has 4 fully saturated rings. The van der Waals surface area contributed by atoms with E-state index in [1.807, 2.05) is 6.07 Å². The summed E-state index contributed by atoms with van der Waals surface area (Å²) in [5, 5.41) is 0. The summed E-state index contributed by atoms with van der Waals surface area (Å²) in [5.74, 6) is 3.73. The smallest absolute Gasteiger partial charge is 0.337 e. The standard InChI is InChI=1S/C18H21BrO3/c1-21-18(20)12-2-3-15(19)16(9-12)22-17-13-5-10-4-11(7-13)8-14(17)6-10/h2-3,9-11,13-14,17H,4-8H2,1H3. The van der Waals surface area contributed by atoms with Gasteiger partial charge in [-0.25, -0.2) is 4.79 Å². The molecule has 22 heavy (non-hydrogen) atoms. The van der Waals surface area contributed by atoms with E-state index in [-0.39, 0.29) is 5.97 Å². The lowest BCUT2D eigenvalue weighted by Gasteiger charge is -2.53. The molecule has 0 amide bonds. The molecule has 1 aromatic rings. The minimum absolute atomic E-state index is 0.317. The topological polar surface area (TPSA) is 35.5 Å². The van der Waals surface area contributed by atoms with Crippen LogP contribution in [0, 0.1) is 23.7 Å².